The summed E-state index contributed by atoms with van der Waals surface area (Å²) in [6.45, 7) is 10.8. The Hall–Kier alpha value is -4.12. The van der Waals surface area contributed by atoms with E-state index in [0.29, 0.717) is 12.0 Å². The van der Waals surface area contributed by atoms with Gasteiger partial charge in [0.15, 0.2) is 0 Å². The average Bonchev–Trinajstić information content (AvgIpc) is 3.42. The van der Waals surface area contributed by atoms with Crippen LogP contribution in [0.5, 0.6) is 0 Å². The van der Waals surface area contributed by atoms with E-state index >= 15 is 0 Å². The molecule has 1 N–H and O–H groups in total. The summed E-state index contributed by atoms with van der Waals surface area (Å²) in [5.74, 6) is -0.345. The van der Waals surface area contributed by atoms with Crippen LogP contribution >= 0.6 is 0 Å². The minimum absolute atomic E-state index is 0.496. The minimum atomic E-state index is -0.922. The molecule has 4 aromatic rings. The maximum atomic E-state index is 10.1. The van der Waals surface area contributed by atoms with E-state index in [4.69, 9.17) is 5.11 Å². The van der Waals surface area contributed by atoms with Crippen LogP contribution in [0.4, 0.5) is 5.69 Å². The van der Waals surface area contributed by atoms with Gasteiger partial charge in [-0.05, 0) is 72.2 Å². The molecule has 2 heterocycles. The molecule has 1 aromatic heterocycles. The molecule has 3 aromatic carbocycles. The molecule has 38 heavy (non-hydrogen) atoms. The van der Waals surface area contributed by atoms with Crippen LogP contribution in [0.2, 0.25) is 0 Å². The number of fused-ring (bicyclic) bond motifs is 1. The monoisotopic (exact) mass is 507 g/mol. The molecule has 0 fully saturated rings. The molecular formula is C33H37N3O2. The van der Waals surface area contributed by atoms with Crippen LogP contribution in [0.3, 0.4) is 0 Å². The molecule has 1 atom stereocenters. The molecule has 196 valence electrons. The molecule has 5 rings (SSSR count). The maximum absolute atomic E-state index is 10.1. The molecule has 0 amide bonds. The summed E-state index contributed by atoms with van der Waals surface area (Å²) in [5, 5.41) is 12.7. The molecule has 1 aliphatic heterocycles. The first kappa shape index (κ1) is 26.9. The largest absolute Gasteiger partial charge is 0.478 e. The summed E-state index contributed by atoms with van der Waals surface area (Å²) >= 11 is 0. The summed E-state index contributed by atoms with van der Waals surface area (Å²) in [6, 6.07) is 25.8. The number of aryl methyl sites for hydroxylation is 1. The standard InChI is InChI=1S/C24H29N3.C9H8O2/c1-5-26-15-23(14-25-26)20-6-7-21-16-27(18(4)12-22(21)13-20)24-10-8-19(9-11-24)17(2)3;10-9(11)7-6-8-4-2-1-3-5-8/h6-11,13-15,17-18H,5,12,16H2,1-4H3;1-7H,(H,10,11)/b;7-6+. The number of rotatable bonds is 6. The van der Waals surface area contributed by atoms with Crippen molar-refractivity contribution >= 4 is 17.7 Å². The first-order valence-corrected chi connectivity index (χ1v) is 13.3. The van der Waals surface area contributed by atoms with Crippen molar-refractivity contribution in [2.75, 3.05) is 4.90 Å². The van der Waals surface area contributed by atoms with Gasteiger partial charge in [0.2, 0.25) is 0 Å². The molecule has 0 saturated carbocycles. The molecule has 0 aliphatic carbocycles. The predicted octanol–water partition coefficient (Wildman–Crippen LogP) is 7.43. The number of hydrogen-bond acceptors (Lipinski definition) is 3. The van der Waals surface area contributed by atoms with Crippen LogP contribution < -0.4 is 4.90 Å². The molecule has 0 spiro atoms. The van der Waals surface area contributed by atoms with Gasteiger partial charge < -0.3 is 10.0 Å². The van der Waals surface area contributed by atoms with Gasteiger partial charge in [-0.1, -0.05) is 74.5 Å². The Labute approximate surface area is 226 Å². The highest BCUT2D eigenvalue weighted by Crippen LogP contribution is 2.32. The summed E-state index contributed by atoms with van der Waals surface area (Å²) < 4.78 is 1.99. The quantitative estimate of drug-likeness (QED) is 0.276. The summed E-state index contributed by atoms with van der Waals surface area (Å²) in [6.07, 6.45) is 7.87. The number of aromatic nitrogens is 2. The molecule has 0 saturated heterocycles. The Balaban J connectivity index is 0.000000257. The van der Waals surface area contributed by atoms with E-state index in [2.05, 4.69) is 86.4 Å². The van der Waals surface area contributed by atoms with Gasteiger partial charge in [0.05, 0.1) is 6.20 Å². The second-order valence-electron chi connectivity index (χ2n) is 10.1. The molecule has 0 bridgehead atoms. The number of nitrogens with zero attached hydrogens (tertiary/aromatic N) is 3. The van der Waals surface area contributed by atoms with Crippen LogP contribution in [0.25, 0.3) is 17.2 Å². The fourth-order valence-electron chi connectivity index (χ4n) is 4.73. The van der Waals surface area contributed by atoms with E-state index in [0.717, 1.165) is 31.1 Å². The number of carbonyl (C=O) groups is 1. The third kappa shape index (κ3) is 6.80. The number of hydrogen-bond donors (Lipinski definition) is 1. The highest BCUT2D eigenvalue weighted by Gasteiger charge is 2.23. The Morgan fingerprint density at radius 2 is 1.76 bits per heavy atom. The van der Waals surface area contributed by atoms with Gasteiger partial charge in [0, 0.05) is 42.7 Å². The molecular weight excluding hydrogens is 470 g/mol. The number of aliphatic carboxylic acids is 1. The van der Waals surface area contributed by atoms with Crippen molar-refractivity contribution in [3.05, 3.63) is 114 Å². The summed E-state index contributed by atoms with van der Waals surface area (Å²) in [4.78, 5) is 12.6. The van der Waals surface area contributed by atoms with E-state index in [1.807, 2.05) is 41.2 Å². The van der Waals surface area contributed by atoms with Crippen LogP contribution in [-0.4, -0.2) is 26.9 Å². The molecule has 1 unspecified atom stereocenters. The topological polar surface area (TPSA) is 58.4 Å². The summed E-state index contributed by atoms with van der Waals surface area (Å²) in [7, 11) is 0. The Morgan fingerprint density at radius 1 is 1.03 bits per heavy atom. The lowest BCUT2D eigenvalue weighted by atomic mass is 9.91. The minimum Gasteiger partial charge on any atom is -0.478 e. The van der Waals surface area contributed by atoms with Gasteiger partial charge in [0.1, 0.15) is 0 Å². The highest BCUT2D eigenvalue weighted by molar-refractivity contribution is 5.85. The van der Waals surface area contributed by atoms with Crippen molar-refractivity contribution in [2.24, 2.45) is 0 Å². The first-order chi connectivity index (χ1) is 18.3. The molecule has 1 aliphatic rings. The van der Waals surface area contributed by atoms with Crippen molar-refractivity contribution < 1.29 is 9.90 Å². The Morgan fingerprint density at radius 3 is 2.39 bits per heavy atom. The third-order valence-electron chi connectivity index (χ3n) is 6.99. The van der Waals surface area contributed by atoms with Crippen molar-refractivity contribution in [2.45, 2.75) is 59.2 Å². The van der Waals surface area contributed by atoms with Gasteiger partial charge in [-0.25, -0.2) is 4.79 Å². The number of carboxylic acid groups (broad SMARTS) is 1. The van der Waals surface area contributed by atoms with Crippen LogP contribution in [-0.2, 0) is 24.3 Å². The number of carboxylic acids is 1. The zero-order valence-electron chi connectivity index (χ0n) is 22.7. The lowest BCUT2D eigenvalue weighted by Gasteiger charge is -2.37. The van der Waals surface area contributed by atoms with E-state index < -0.39 is 5.97 Å². The van der Waals surface area contributed by atoms with Gasteiger partial charge in [0.25, 0.3) is 0 Å². The van der Waals surface area contributed by atoms with Crippen molar-refractivity contribution in [3.8, 4) is 11.1 Å². The zero-order chi connectivity index (χ0) is 27.1. The maximum Gasteiger partial charge on any atom is 0.328 e. The van der Waals surface area contributed by atoms with Gasteiger partial charge in [-0.3, -0.25) is 4.68 Å². The Kier molecular flexibility index (Phi) is 8.80. The van der Waals surface area contributed by atoms with Gasteiger partial charge in [-0.15, -0.1) is 0 Å². The van der Waals surface area contributed by atoms with Crippen molar-refractivity contribution in [3.63, 3.8) is 0 Å². The van der Waals surface area contributed by atoms with Crippen molar-refractivity contribution in [1.82, 2.24) is 9.78 Å². The van der Waals surface area contributed by atoms with Crippen LogP contribution in [0, 0.1) is 0 Å². The Bertz CT molecular complexity index is 1370. The predicted molar refractivity (Wildman–Crippen MR) is 156 cm³/mol. The van der Waals surface area contributed by atoms with E-state index in [-0.39, 0.29) is 0 Å². The van der Waals surface area contributed by atoms with E-state index in [1.54, 1.807) is 6.08 Å². The van der Waals surface area contributed by atoms with E-state index in [1.165, 1.54) is 33.5 Å². The second kappa shape index (κ2) is 12.4. The smallest absolute Gasteiger partial charge is 0.328 e. The normalized spacial score (nSPS) is 14.8. The lowest BCUT2D eigenvalue weighted by Crippen LogP contribution is -2.38. The van der Waals surface area contributed by atoms with Gasteiger partial charge in [-0.2, -0.15) is 5.10 Å². The SMILES string of the molecule is CCn1cc(-c2ccc3c(c2)CC(C)N(c2ccc(C(C)C)cc2)C3)cn1.O=C(O)/C=C/c1ccccc1. The zero-order valence-corrected chi connectivity index (χ0v) is 22.7. The number of anilines is 1. The third-order valence-corrected chi connectivity index (χ3v) is 6.99. The summed E-state index contributed by atoms with van der Waals surface area (Å²) in [5.41, 5.74) is 9.02. The fourth-order valence-corrected chi connectivity index (χ4v) is 4.73. The average molecular weight is 508 g/mol. The molecule has 0 radical (unpaired) electrons. The van der Waals surface area contributed by atoms with E-state index in [9.17, 15) is 4.79 Å². The lowest BCUT2D eigenvalue weighted by molar-refractivity contribution is -0.131. The van der Waals surface area contributed by atoms with Crippen molar-refractivity contribution in [1.29, 1.82) is 0 Å². The van der Waals surface area contributed by atoms with Gasteiger partial charge >= 0.3 is 5.97 Å². The molecule has 5 heteroatoms. The second-order valence-corrected chi connectivity index (χ2v) is 10.1. The first-order valence-electron chi connectivity index (χ1n) is 13.3. The van der Waals surface area contributed by atoms with Crippen LogP contribution in [0.15, 0.2) is 91.3 Å². The number of benzene rings is 3. The fraction of sp³-hybridized carbons (Fsp3) is 0.273. The van der Waals surface area contributed by atoms with Crippen LogP contribution in [0.1, 0.15) is 55.9 Å². The molecule has 5 nitrogen and oxygen atoms in total. The highest BCUT2D eigenvalue weighted by atomic mass is 16.4.